The molecule has 0 aromatic carbocycles. The van der Waals surface area contributed by atoms with Crippen LogP contribution in [0.1, 0.15) is 45.4 Å². The monoisotopic (exact) mass is 305 g/mol. The number of carboxylic acid groups (broad SMARTS) is 1. The lowest BCUT2D eigenvalue weighted by Crippen LogP contribution is -2.34. The summed E-state index contributed by atoms with van der Waals surface area (Å²) < 4.78 is 22.6. The minimum atomic E-state index is -3.09. The van der Waals surface area contributed by atoms with E-state index in [1.165, 1.54) is 0 Å². The summed E-state index contributed by atoms with van der Waals surface area (Å²) in [5.41, 5.74) is -0.445. The number of carbonyl (C=O) groups excluding carboxylic acids is 1. The van der Waals surface area contributed by atoms with Crippen molar-refractivity contribution in [3.05, 3.63) is 0 Å². The number of rotatable bonds is 8. The molecule has 1 saturated carbocycles. The fourth-order valence-electron chi connectivity index (χ4n) is 2.76. The van der Waals surface area contributed by atoms with Gasteiger partial charge in [0.1, 0.15) is 0 Å². The van der Waals surface area contributed by atoms with E-state index in [4.69, 9.17) is 5.11 Å². The van der Waals surface area contributed by atoms with Crippen molar-refractivity contribution in [3.63, 3.8) is 0 Å². The van der Waals surface area contributed by atoms with Gasteiger partial charge < -0.3 is 10.4 Å². The minimum Gasteiger partial charge on any atom is -0.481 e. The molecule has 1 aliphatic carbocycles. The van der Waals surface area contributed by atoms with Gasteiger partial charge in [-0.3, -0.25) is 9.59 Å². The average Bonchev–Trinajstić information content (AvgIpc) is 2.76. The van der Waals surface area contributed by atoms with Gasteiger partial charge in [-0.05, 0) is 18.3 Å². The molecule has 116 valence electrons. The predicted molar refractivity (Wildman–Crippen MR) is 75.1 cm³/mol. The van der Waals surface area contributed by atoms with Crippen molar-refractivity contribution in [2.45, 2.75) is 45.4 Å². The van der Waals surface area contributed by atoms with Gasteiger partial charge in [-0.1, -0.05) is 19.8 Å². The summed E-state index contributed by atoms with van der Waals surface area (Å²) in [7, 11) is -3.09. The van der Waals surface area contributed by atoms with Crippen LogP contribution in [0, 0.1) is 5.41 Å². The topological polar surface area (TPSA) is 101 Å². The Morgan fingerprint density at radius 1 is 1.20 bits per heavy atom. The van der Waals surface area contributed by atoms with Crippen molar-refractivity contribution in [2.75, 3.05) is 18.1 Å². The number of sulfone groups is 1. The van der Waals surface area contributed by atoms with Crippen LogP contribution in [0.4, 0.5) is 0 Å². The van der Waals surface area contributed by atoms with Gasteiger partial charge in [-0.2, -0.15) is 0 Å². The molecule has 0 aromatic rings. The maximum absolute atomic E-state index is 11.9. The molecule has 0 aromatic heterocycles. The van der Waals surface area contributed by atoms with Crippen molar-refractivity contribution >= 4 is 21.7 Å². The van der Waals surface area contributed by atoms with Crippen molar-refractivity contribution < 1.29 is 23.1 Å². The largest absolute Gasteiger partial charge is 0.481 e. The molecule has 1 fully saturated rings. The first-order chi connectivity index (χ1) is 9.29. The Bertz CT molecular complexity index is 451. The SMILES string of the molecule is CCS(=O)(=O)CCNC(=O)CC1(CC(=O)O)CCCC1. The fourth-order valence-corrected chi connectivity index (χ4v) is 3.46. The van der Waals surface area contributed by atoms with Gasteiger partial charge in [0.15, 0.2) is 9.84 Å². The maximum atomic E-state index is 11.9. The van der Waals surface area contributed by atoms with Crippen LogP contribution in [0.5, 0.6) is 0 Å². The first-order valence-electron chi connectivity index (χ1n) is 6.97. The molecule has 1 amide bonds. The highest BCUT2D eigenvalue weighted by atomic mass is 32.2. The molecule has 2 N–H and O–H groups in total. The third-order valence-electron chi connectivity index (χ3n) is 3.90. The molecule has 0 atom stereocenters. The van der Waals surface area contributed by atoms with Gasteiger partial charge >= 0.3 is 5.97 Å². The van der Waals surface area contributed by atoms with Gasteiger partial charge in [0.05, 0.1) is 12.2 Å². The summed E-state index contributed by atoms with van der Waals surface area (Å²) in [5, 5.41) is 11.5. The fraction of sp³-hybridized carbons (Fsp3) is 0.846. The van der Waals surface area contributed by atoms with Crippen LogP contribution in [0.2, 0.25) is 0 Å². The number of hydrogen-bond donors (Lipinski definition) is 2. The molecule has 1 rings (SSSR count). The van der Waals surface area contributed by atoms with E-state index in [2.05, 4.69) is 5.32 Å². The molecule has 1 aliphatic rings. The number of amides is 1. The van der Waals surface area contributed by atoms with Gasteiger partial charge in [0, 0.05) is 18.7 Å². The summed E-state index contributed by atoms with van der Waals surface area (Å²) in [5.74, 6) is -1.14. The number of carboxylic acids is 1. The lowest BCUT2D eigenvalue weighted by molar-refractivity contribution is -0.140. The van der Waals surface area contributed by atoms with E-state index in [1.807, 2.05) is 0 Å². The Balaban J connectivity index is 2.45. The first-order valence-corrected chi connectivity index (χ1v) is 8.80. The van der Waals surface area contributed by atoms with Crippen LogP contribution in [0.25, 0.3) is 0 Å². The van der Waals surface area contributed by atoms with E-state index in [0.29, 0.717) is 0 Å². The van der Waals surface area contributed by atoms with E-state index < -0.39 is 21.2 Å². The van der Waals surface area contributed by atoms with Crippen LogP contribution >= 0.6 is 0 Å². The van der Waals surface area contributed by atoms with Crippen LogP contribution in [0.15, 0.2) is 0 Å². The number of hydrogen-bond acceptors (Lipinski definition) is 4. The van der Waals surface area contributed by atoms with E-state index in [-0.39, 0.29) is 36.8 Å². The molecule has 0 aliphatic heterocycles. The van der Waals surface area contributed by atoms with Gasteiger partial charge in [-0.25, -0.2) is 8.42 Å². The molecular formula is C13H23NO5S. The van der Waals surface area contributed by atoms with E-state index in [0.717, 1.165) is 25.7 Å². The van der Waals surface area contributed by atoms with E-state index in [9.17, 15) is 18.0 Å². The van der Waals surface area contributed by atoms with Crippen molar-refractivity contribution in [3.8, 4) is 0 Å². The van der Waals surface area contributed by atoms with E-state index >= 15 is 0 Å². The Morgan fingerprint density at radius 3 is 2.30 bits per heavy atom. The summed E-state index contributed by atoms with van der Waals surface area (Å²) in [6.07, 6.45) is 3.58. The maximum Gasteiger partial charge on any atom is 0.303 e. The van der Waals surface area contributed by atoms with Crippen LogP contribution < -0.4 is 5.32 Å². The average molecular weight is 305 g/mol. The third-order valence-corrected chi connectivity index (χ3v) is 5.61. The normalized spacial score (nSPS) is 17.9. The summed E-state index contributed by atoms with van der Waals surface area (Å²) in [4.78, 5) is 22.8. The summed E-state index contributed by atoms with van der Waals surface area (Å²) in [6.45, 7) is 1.66. The highest BCUT2D eigenvalue weighted by Gasteiger charge is 2.37. The summed E-state index contributed by atoms with van der Waals surface area (Å²) in [6, 6.07) is 0. The molecule has 20 heavy (non-hydrogen) atoms. The third kappa shape index (κ3) is 5.48. The standard InChI is InChI=1S/C13H23NO5S/c1-2-20(18,19)8-7-14-11(15)9-13(10-12(16)17)5-3-4-6-13/h2-10H2,1H3,(H,14,15)(H,16,17). The second-order valence-corrected chi connectivity index (χ2v) is 8.01. The highest BCUT2D eigenvalue weighted by Crippen LogP contribution is 2.43. The van der Waals surface area contributed by atoms with Crippen LogP contribution in [-0.2, 0) is 19.4 Å². The molecular weight excluding hydrogens is 282 g/mol. The Labute approximate surface area is 119 Å². The van der Waals surface area contributed by atoms with Crippen LogP contribution in [-0.4, -0.2) is 43.5 Å². The molecule has 7 heteroatoms. The number of aliphatic carboxylic acids is 1. The zero-order valence-electron chi connectivity index (χ0n) is 11.9. The van der Waals surface area contributed by atoms with Crippen molar-refractivity contribution in [1.82, 2.24) is 5.32 Å². The van der Waals surface area contributed by atoms with E-state index in [1.54, 1.807) is 6.92 Å². The predicted octanol–water partition coefficient (Wildman–Crippen LogP) is 0.962. The number of carbonyl (C=O) groups is 2. The lowest BCUT2D eigenvalue weighted by Gasteiger charge is -2.26. The summed E-state index contributed by atoms with van der Waals surface area (Å²) >= 11 is 0. The zero-order valence-corrected chi connectivity index (χ0v) is 12.7. The molecule has 6 nitrogen and oxygen atoms in total. The smallest absolute Gasteiger partial charge is 0.303 e. The molecule has 0 saturated heterocycles. The van der Waals surface area contributed by atoms with Crippen molar-refractivity contribution in [2.24, 2.45) is 5.41 Å². The Kier molecular flexibility index (Phi) is 5.98. The number of nitrogens with one attached hydrogen (secondary N) is 1. The second kappa shape index (κ2) is 7.06. The molecule has 0 spiro atoms. The quantitative estimate of drug-likeness (QED) is 0.695. The van der Waals surface area contributed by atoms with Crippen molar-refractivity contribution in [1.29, 1.82) is 0 Å². The molecule has 0 heterocycles. The Hall–Kier alpha value is -1.11. The van der Waals surface area contributed by atoms with Gasteiger partial charge in [0.25, 0.3) is 0 Å². The molecule has 0 bridgehead atoms. The first kappa shape index (κ1) is 16.9. The molecule has 0 unspecified atom stereocenters. The van der Waals surface area contributed by atoms with Gasteiger partial charge in [-0.15, -0.1) is 0 Å². The second-order valence-electron chi connectivity index (χ2n) is 5.54. The van der Waals surface area contributed by atoms with Crippen LogP contribution in [0.3, 0.4) is 0 Å². The van der Waals surface area contributed by atoms with Gasteiger partial charge in [0.2, 0.25) is 5.91 Å². The Morgan fingerprint density at radius 2 is 1.80 bits per heavy atom. The lowest BCUT2D eigenvalue weighted by atomic mass is 9.79. The molecule has 0 radical (unpaired) electrons. The zero-order chi connectivity index (χ0) is 15.2. The minimum absolute atomic E-state index is 0.00762. The highest BCUT2D eigenvalue weighted by molar-refractivity contribution is 7.91.